The summed E-state index contributed by atoms with van der Waals surface area (Å²) < 4.78 is 16.1. The Bertz CT molecular complexity index is 935. The maximum absolute atomic E-state index is 12.4. The number of amides is 1. The average molecular weight is 387 g/mol. The molecular formula is C19H21N3O4S. The maximum atomic E-state index is 12.4. The quantitative estimate of drug-likeness (QED) is 0.663. The molecule has 2 aromatic heterocycles. The van der Waals surface area contributed by atoms with E-state index in [1.807, 2.05) is 32.9 Å². The summed E-state index contributed by atoms with van der Waals surface area (Å²) in [7, 11) is 1.59. The molecule has 0 radical (unpaired) electrons. The van der Waals surface area contributed by atoms with Gasteiger partial charge < -0.3 is 19.2 Å². The molecule has 27 heavy (non-hydrogen) atoms. The van der Waals surface area contributed by atoms with Crippen molar-refractivity contribution in [1.29, 1.82) is 0 Å². The van der Waals surface area contributed by atoms with Gasteiger partial charge in [0.05, 0.1) is 23.9 Å². The van der Waals surface area contributed by atoms with Gasteiger partial charge in [0.15, 0.2) is 12.3 Å². The molecule has 1 aromatic carbocycles. The smallest absolute Gasteiger partial charge is 0.273 e. The number of hydrogen-bond acceptors (Lipinski definition) is 7. The van der Waals surface area contributed by atoms with Gasteiger partial charge in [0.2, 0.25) is 5.89 Å². The topological polar surface area (TPSA) is 86.5 Å². The van der Waals surface area contributed by atoms with E-state index >= 15 is 0 Å². The molecule has 0 aliphatic heterocycles. The van der Waals surface area contributed by atoms with Crippen molar-refractivity contribution in [3.05, 3.63) is 57.7 Å². The lowest BCUT2D eigenvalue weighted by Crippen LogP contribution is -2.27. The monoisotopic (exact) mass is 387 g/mol. The van der Waals surface area contributed by atoms with Gasteiger partial charge in [0, 0.05) is 10.9 Å². The number of methoxy groups -OCH3 is 1. The summed E-state index contributed by atoms with van der Waals surface area (Å²) in [5.74, 6) is 1.32. The fourth-order valence-electron chi connectivity index (χ4n) is 2.60. The number of rotatable bonds is 7. The van der Waals surface area contributed by atoms with Gasteiger partial charge in [-0.2, -0.15) is 0 Å². The van der Waals surface area contributed by atoms with Crippen LogP contribution in [0.1, 0.15) is 44.9 Å². The zero-order valence-corrected chi connectivity index (χ0v) is 16.4. The van der Waals surface area contributed by atoms with Crippen LogP contribution in [-0.2, 0) is 6.61 Å². The minimum atomic E-state index is -0.316. The van der Waals surface area contributed by atoms with E-state index in [1.54, 1.807) is 30.6 Å². The number of nitrogens with one attached hydrogen (secondary N) is 1. The third-order valence-electron chi connectivity index (χ3n) is 3.89. The van der Waals surface area contributed by atoms with E-state index in [9.17, 15) is 4.79 Å². The first-order chi connectivity index (χ1) is 13.0. The number of nitrogens with zero attached hydrogens (tertiary/aromatic N) is 2. The van der Waals surface area contributed by atoms with Crippen LogP contribution in [0, 0.1) is 13.8 Å². The van der Waals surface area contributed by atoms with Crippen LogP contribution in [0.4, 0.5) is 0 Å². The van der Waals surface area contributed by atoms with E-state index < -0.39 is 0 Å². The molecule has 0 bridgehead atoms. The first-order valence-corrected chi connectivity index (χ1v) is 9.24. The average Bonchev–Trinajstić information content (AvgIpc) is 3.26. The standard InChI is InChI=1S/C19H21N3O4S/c1-11(18-12(2)27-13(3)21-18)20-19(23)16-9-26-17(22-16)10-25-15-7-5-6-14(8-15)24-4/h5-9,11H,10H2,1-4H3,(H,20,23). The Kier molecular flexibility index (Phi) is 5.75. The molecule has 1 unspecified atom stereocenters. The van der Waals surface area contributed by atoms with Gasteiger partial charge in [-0.05, 0) is 32.9 Å². The predicted molar refractivity (Wildman–Crippen MR) is 101 cm³/mol. The first kappa shape index (κ1) is 18.9. The Morgan fingerprint density at radius 3 is 2.78 bits per heavy atom. The molecule has 1 atom stereocenters. The Hall–Kier alpha value is -2.87. The van der Waals surface area contributed by atoms with Gasteiger partial charge in [-0.15, -0.1) is 11.3 Å². The number of aromatic nitrogens is 2. The molecule has 142 valence electrons. The summed E-state index contributed by atoms with van der Waals surface area (Å²) in [6.45, 7) is 5.95. The fourth-order valence-corrected chi connectivity index (χ4v) is 3.52. The zero-order valence-electron chi connectivity index (χ0n) is 15.6. The molecule has 1 N–H and O–H groups in total. The number of ether oxygens (including phenoxy) is 2. The highest BCUT2D eigenvalue weighted by molar-refractivity contribution is 7.11. The van der Waals surface area contributed by atoms with E-state index in [-0.39, 0.29) is 24.2 Å². The van der Waals surface area contributed by atoms with Gasteiger partial charge in [-0.25, -0.2) is 9.97 Å². The molecule has 3 rings (SSSR count). The number of benzene rings is 1. The fraction of sp³-hybridized carbons (Fsp3) is 0.316. The first-order valence-electron chi connectivity index (χ1n) is 8.42. The third kappa shape index (κ3) is 4.65. The summed E-state index contributed by atoms with van der Waals surface area (Å²) in [6.07, 6.45) is 1.32. The highest BCUT2D eigenvalue weighted by Crippen LogP contribution is 2.23. The van der Waals surface area contributed by atoms with Crippen LogP contribution in [0.15, 0.2) is 34.9 Å². The van der Waals surface area contributed by atoms with Gasteiger partial charge in [-0.1, -0.05) is 6.07 Å². The van der Waals surface area contributed by atoms with Crippen LogP contribution in [0.5, 0.6) is 11.5 Å². The highest BCUT2D eigenvalue weighted by atomic mass is 32.1. The summed E-state index contributed by atoms with van der Waals surface area (Å²) in [4.78, 5) is 22.2. The Balaban J connectivity index is 1.59. The molecule has 0 spiro atoms. The van der Waals surface area contributed by atoms with Gasteiger partial charge in [0.1, 0.15) is 17.8 Å². The Morgan fingerprint density at radius 2 is 2.07 bits per heavy atom. The second-order valence-electron chi connectivity index (χ2n) is 5.96. The van der Waals surface area contributed by atoms with E-state index in [0.29, 0.717) is 17.4 Å². The minimum Gasteiger partial charge on any atom is -0.497 e. The summed E-state index contributed by atoms with van der Waals surface area (Å²) in [5, 5.41) is 3.87. The molecule has 0 aliphatic carbocycles. The lowest BCUT2D eigenvalue weighted by atomic mass is 10.2. The third-order valence-corrected chi connectivity index (χ3v) is 4.79. The van der Waals surface area contributed by atoms with Crippen LogP contribution >= 0.6 is 11.3 Å². The molecular weight excluding hydrogens is 366 g/mol. The van der Waals surface area contributed by atoms with Crippen molar-refractivity contribution in [2.75, 3.05) is 7.11 Å². The van der Waals surface area contributed by atoms with Gasteiger partial charge in [0.25, 0.3) is 5.91 Å². The lowest BCUT2D eigenvalue weighted by Gasteiger charge is -2.11. The molecule has 2 heterocycles. The Labute approximate surface area is 161 Å². The van der Waals surface area contributed by atoms with E-state index in [1.165, 1.54) is 6.26 Å². The SMILES string of the molecule is COc1cccc(OCc2nc(C(=O)NC(C)c3nc(C)sc3C)co2)c1. The lowest BCUT2D eigenvalue weighted by molar-refractivity contribution is 0.0934. The number of thiazole rings is 1. The van der Waals surface area contributed by atoms with Crippen LogP contribution in [0.3, 0.4) is 0 Å². The molecule has 7 nitrogen and oxygen atoms in total. The van der Waals surface area contributed by atoms with Gasteiger partial charge in [-0.3, -0.25) is 4.79 Å². The summed E-state index contributed by atoms with van der Waals surface area (Å²) in [5.41, 5.74) is 1.08. The molecule has 0 saturated carbocycles. The van der Waals surface area contributed by atoms with Crippen molar-refractivity contribution in [2.24, 2.45) is 0 Å². The van der Waals surface area contributed by atoms with Crippen LogP contribution in [0.25, 0.3) is 0 Å². The normalized spacial score (nSPS) is 11.9. The molecule has 3 aromatic rings. The van der Waals surface area contributed by atoms with Crippen molar-refractivity contribution >= 4 is 17.2 Å². The Morgan fingerprint density at radius 1 is 1.30 bits per heavy atom. The highest BCUT2D eigenvalue weighted by Gasteiger charge is 2.19. The van der Waals surface area contributed by atoms with Crippen molar-refractivity contribution in [3.63, 3.8) is 0 Å². The molecule has 8 heteroatoms. The maximum Gasteiger partial charge on any atom is 0.273 e. The van der Waals surface area contributed by atoms with Crippen molar-refractivity contribution < 1.29 is 18.7 Å². The van der Waals surface area contributed by atoms with Crippen LogP contribution in [-0.4, -0.2) is 23.0 Å². The summed E-state index contributed by atoms with van der Waals surface area (Å²) >= 11 is 1.61. The second kappa shape index (κ2) is 8.22. The van der Waals surface area contributed by atoms with Crippen molar-refractivity contribution in [3.8, 4) is 11.5 Å². The molecule has 0 saturated heterocycles. The van der Waals surface area contributed by atoms with E-state index in [2.05, 4.69) is 15.3 Å². The largest absolute Gasteiger partial charge is 0.497 e. The van der Waals surface area contributed by atoms with Crippen molar-refractivity contribution in [2.45, 2.75) is 33.4 Å². The summed E-state index contributed by atoms with van der Waals surface area (Å²) in [6, 6.07) is 7.00. The van der Waals surface area contributed by atoms with Crippen LogP contribution < -0.4 is 14.8 Å². The number of carbonyl (C=O) groups excluding carboxylic acids is 1. The minimum absolute atomic E-state index is 0.111. The van der Waals surface area contributed by atoms with Gasteiger partial charge >= 0.3 is 0 Å². The van der Waals surface area contributed by atoms with E-state index in [0.717, 1.165) is 15.6 Å². The number of carbonyl (C=O) groups is 1. The van der Waals surface area contributed by atoms with Crippen LogP contribution in [0.2, 0.25) is 0 Å². The number of aryl methyl sites for hydroxylation is 2. The predicted octanol–water partition coefficient (Wildman–Crippen LogP) is 3.83. The number of hydrogen-bond donors (Lipinski definition) is 1. The molecule has 1 amide bonds. The molecule has 0 fully saturated rings. The second-order valence-corrected chi connectivity index (χ2v) is 7.37. The van der Waals surface area contributed by atoms with Crippen molar-refractivity contribution in [1.82, 2.24) is 15.3 Å². The number of oxazole rings is 1. The van der Waals surface area contributed by atoms with E-state index in [4.69, 9.17) is 13.9 Å². The molecule has 0 aliphatic rings. The zero-order chi connectivity index (χ0) is 19.4.